The first-order valence-electron chi connectivity index (χ1n) is 17.8. The van der Waals surface area contributed by atoms with Gasteiger partial charge in [-0.05, 0) is 113 Å². The first-order chi connectivity index (χ1) is 24.0. The maximum Gasteiger partial charge on any atom is 0.256 e. The molecule has 4 aliphatic rings. The fourth-order valence-corrected chi connectivity index (χ4v) is 10.4. The van der Waals surface area contributed by atoms with Crippen molar-refractivity contribution in [1.29, 1.82) is 0 Å². The van der Waals surface area contributed by atoms with E-state index >= 15 is 4.39 Å². The molecule has 12 heteroatoms. The number of likely N-dealkylation sites (tertiary alicyclic amines) is 1. The zero-order chi connectivity index (χ0) is 34.8. The Morgan fingerprint density at radius 1 is 0.900 bits per heavy atom. The maximum atomic E-state index is 15.0. The molecule has 4 fully saturated rings. The van der Waals surface area contributed by atoms with E-state index in [9.17, 15) is 22.0 Å². The Bertz CT molecular complexity index is 2040. The normalized spacial score (nSPS) is 23.8. The van der Waals surface area contributed by atoms with Crippen molar-refractivity contribution in [3.05, 3.63) is 95.1 Å². The highest BCUT2D eigenvalue weighted by molar-refractivity contribution is 7.89. The predicted molar refractivity (Wildman–Crippen MR) is 184 cm³/mol. The highest BCUT2D eigenvalue weighted by Gasteiger charge is 2.44. The molecular weight excluding hydrogens is 664 g/mol. The molecule has 264 valence electrons. The Kier molecular flexibility index (Phi) is 8.55. The van der Waals surface area contributed by atoms with Gasteiger partial charge in [-0.3, -0.25) is 9.69 Å². The van der Waals surface area contributed by atoms with E-state index in [1.807, 2.05) is 12.1 Å². The molecule has 8 nitrogen and oxygen atoms in total. The van der Waals surface area contributed by atoms with E-state index in [1.54, 1.807) is 12.1 Å². The Labute approximate surface area is 290 Å². The summed E-state index contributed by atoms with van der Waals surface area (Å²) in [5.41, 5.74) is 2.22. The molecule has 0 radical (unpaired) electrons. The summed E-state index contributed by atoms with van der Waals surface area (Å²) in [5.74, 6) is -2.28. The molecule has 2 bridgehead atoms. The number of sulfonamides is 1. The summed E-state index contributed by atoms with van der Waals surface area (Å²) in [5, 5.41) is 0. The highest BCUT2D eigenvalue weighted by atomic mass is 32.2. The van der Waals surface area contributed by atoms with Gasteiger partial charge >= 0.3 is 0 Å². The van der Waals surface area contributed by atoms with Gasteiger partial charge in [0, 0.05) is 43.3 Å². The van der Waals surface area contributed by atoms with Crippen LogP contribution in [0.1, 0.15) is 85.6 Å². The van der Waals surface area contributed by atoms with Gasteiger partial charge in [-0.25, -0.2) is 31.3 Å². The van der Waals surface area contributed by atoms with Crippen LogP contribution < -0.4 is 4.72 Å². The number of para-hydroxylation sites is 2. The van der Waals surface area contributed by atoms with Crippen molar-refractivity contribution in [3.8, 4) is 0 Å². The van der Waals surface area contributed by atoms with E-state index in [1.165, 1.54) is 16.5 Å². The van der Waals surface area contributed by atoms with Crippen LogP contribution in [-0.4, -0.2) is 71.4 Å². The zero-order valence-corrected chi connectivity index (χ0v) is 28.9. The average Bonchev–Trinajstić information content (AvgIpc) is 3.78. The van der Waals surface area contributed by atoms with E-state index in [0.29, 0.717) is 49.9 Å². The van der Waals surface area contributed by atoms with E-state index in [-0.39, 0.29) is 24.9 Å². The van der Waals surface area contributed by atoms with Gasteiger partial charge in [0.25, 0.3) is 5.91 Å². The molecule has 1 amide bonds. The lowest BCUT2D eigenvalue weighted by Gasteiger charge is -2.45. The Morgan fingerprint density at radius 2 is 1.62 bits per heavy atom. The van der Waals surface area contributed by atoms with E-state index < -0.39 is 43.4 Å². The minimum absolute atomic E-state index is 0.274. The van der Waals surface area contributed by atoms with Crippen LogP contribution >= 0.6 is 0 Å². The quantitative estimate of drug-likeness (QED) is 0.211. The third kappa shape index (κ3) is 6.13. The van der Waals surface area contributed by atoms with Crippen molar-refractivity contribution in [2.24, 2.45) is 0 Å². The summed E-state index contributed by atoms with van der Waals surface area (Å²) < 4.78 is 74.8. The minimum atomic E-state index is -4.25. The number of hydrogen-bond acceptors (Lipinski definition) is 5. The van der Waals surface area contributed by atoms with Crippen molar-refractivity contribution < 1.29 is 26.4 Å². The summed E-state index contributed by atoms with van der Waals surface area (Å²) in [4.78, 5) is 21.9. The molecule has 50 heavy (non-hydrogen) atoms. The van der Waals surface area contributed by atoms with E-state index in [4.69, 9.17) is 4.98 Å². The monoisotopic (exact) mass is 705 g/mol. The zero-order valence-electron chi connectivity index (χ0n) is 28.1. The molecule has 3 saturated heterocycles. The number of carbonyl (C=O) groups excluding carboxylic acids is 1. The van der Waals surface area contributed by atoms with Crippen molar-refractivity contribution >= 4 is 27.0 Å². The van der Waals surface area contributed by atoms with Crippen LogP contribution in [0.4, 0.5) is 13.2 Å². The number of aryl methyl sites for hydroxylation is 1. The number of imidazole rings is 1. The number of hydrogen-bond donors (Lipinski definition) is 1. The number of nitrogens with zero attached hydrogens (tertiary/aromatic N) is 4. The van der Waals surface area contributed by atoms with Crippen molar-refractivity contribution in [2.45, 2.75) is 99.2 Å². The van der Waals surface area contributed by atoms with Gasteiger partial charge in [0.1, 0.15) is 28.2 Å². The van der Waals surface area contributed by atoms with Crippen LogP contribution in [0.15, 0.2) is 65.6 Å². The maximum absolute atomic E-state index is 15.0. The van der Waals surface area contributed by atoms with Gasteiger partial charge in [0.15, 0.2) is 0 Å². The average molecular weight is 706 g/mol. The summed E-state index contributed by atoms with van der Waals surface area (Å²) in [6, 6.07) is 17.3. The third-order valence-electron chi connectivity index (χ3n) is 11.7. The minimum Gasteiger partial charge on any atom is -0.338 e. The van der Waals surface area contributed by atoms with Crippen LogP contribution in [0, 0.1) is 24.4 Å². The lowest BCUT2D eigenvalue weighted by molar-refractivity contribution is 0.0602. The third-order valence-corrected chi connectivity index (χ3v) is 13.3. The molecule has 1 aromatic heterocycles. The van der Waals surface area contributed by atoms with Crippen molar-refractivity contribution in [2.75, 3.05) is 19.6 Å². The van der Waals surface area contributed by atoms with Gasteiger partial charge in [-0.1, -0.05) is 24.3 Å². The highest BCUT2D eigenvalue weighted by Crippen LogP contribution is 2.45. The largest absolute Gasteiger partial charge is 0.338 e. The second kappa shape index (κ2) is 12.8. The molecule has 3 aromatic carbocycles. The van der Waals surface area contributed by atoms with Crippen LogP contribution in [0.3, 0.4) is 0 Å². The number of fused-ring (bicyclic) bond motifs is 3. The molecule has 4 aromatic rings. The standard InChI is InChI=1S/C38H42F3N5O3S/c1-24-42-34-7-2-3-8-35(34)46(24)30-20-28-11-12-29(21-30)45(28)18-15-38(25-5-4-6-26(39)19-25)13-16-44(17-14-38)37(47)31-22-36(33(41)23-32(31)40)50(48,49)43-27-9-10-27/h2-8,19,22-23,27-30,43H,9-18,20-21H2,1H3/t28-,29+,30+. The first kappa shape index (κ1) is 33.4. The van der Waals surface area contributed by atoms with Crippen molar-refractivity contribution in [1.82, 2.24) is 24.1 Å². The van der Waals surface area contributed by atoms with Crippen LogP contribution in [0.2, 0.25) is 0 Å². The molecule has 0 spiro atoms. The van der Waals surface area contributed by atoms with Gasteiger partial charge in [-0.2, -0.15) is 0 Å². The van der Waals surface area contributed by atoms with Crippen LogP contribution in [0.5, 0.6) is 0 Å². The molecule has 1 saturated carbocycles. The number of aromatic nitrogens is 2. The molecule has 3 atom stereocenters. The number of benzene rings is 3. The van der Waals surface area contributed by atoms with Gasteiger partial charge in [-0.15, -0.1) is 0 Å². The fourth-order valence-electron chi connectivity index (χ4n) is 8.98. The summed E-state index contributed by atoms with van der Waals surface area (Å²) in [6.07, 6.45) is 7.51. The molecule has 8 rings (SSSR count). The first-order valence-corrected chi connectivity index (χ1v) is 19.3. The molecule has 4 heterocycles. The lowest BCUT2D eigenvalue weighted by Crippen LogP contribution is -2.49. The second-order valence-electron chi connectivity index (χ2n) is 14.8. The van der Waals surface area contributed by atoms with Crippen LogP contribution in [0.25, 0.3) is 11.0 Å². The summed E-state index contributed by atoms with van der Waals surface area (Å²) >= 11 is 0. The van der Waals surface area contributed by atoms with E-state index in [2.05, 4.69) is 39.3 Å². The molecule has 1 N–H and O–H groups in total. The SMILES string of the molecule is Cc1nc2ccccc2n1[C@H]1C[C@H]2CC[C@@H](C1)N2CCC1(c2cccc(F)c2)CCN(C(=O)c2cc(S(=O)(=O)NC3CC3)c(F)cc2F)CC1. The van der Waals surface area contributed by atoms with Crippen molar-refractivity contribution in [3.63, 3.8) is 0 Å². The van der Waals surface area contributed by atoms with Gasteiger partial charge in [0.05, 0.1) is 16.6 Å². The number of nitrogens with one attached hydrogen (secondary N) is 1. The fraction of sp³-hybridized carbons (Fsp3) is 0.474. The number of rotatable bonds is 9. The molecular formula is C38H42F3N5O3S. The van der Waals surface area contributed by atoms with Crippen LogP contribution in [-0.2, 0) is 15.4 Å². The van der Waals surface area contributed by atoms with E-state index in [0.717, 1.165) is 61.6 Å². The summed E-state index contributed by atoms with van der Waals surface area (Å²) in [7, 11) is -4.25. The Morgan fingerprint density at radius 3 is 2.32 bits per heavy atom. The molecule has 1 aliphatic carbocycles. The smallest absolute Gasteiger partial charge is 0.256 e. The number of carbonyl (C=O) groups is 1. The van der Waals surface area contributed by atoms with Gasteiger partial charge < -0.3 is 9.47 Å². The topological polar surface area (TPSA) is 87.5 Å². The summed E-state index contributed by atoms with van der Waals surface area (Å²) in [6.45, 7) is 3.48. The number of piperidine rings is 2. The molecule has 3 aliphatic heterocycles. The number of amides is 1. The Hall–Kier alpha value is -3.74. The lowest BCUT2D eigenvalue weighted by atomic mass is 9.70. The Balaban J connectivity index is 0.992. The predicted octanol–water partition coefficient (Wildman–Crippen LogP) is 6.63. The number of halogens is 3. The second-order valence-corrected chi connectivity index (χ2v) is 16.4. The van der Waals surface area contributed by atoms with Gasteiger partial charge in [0.2, 0.25) is 10.0 Å². The molecule has 0 unspecified atom stereocenters.